The lowest BCUT2D eigenvalue weighted by Gasteiger charge is -2.21. The monoisotopic (exact) mass is 318 g/mol. The van der Waals surface area contributed by atoms with Crippen molar-refractivity contribution in [1.29, 1.82) is 0 Å². The van der Waals surface area contributed by atoms with Crippen molar-refractivity contribution in [3.8, 4) is 0 Å². The number of nitrogens with one attached hydrogen (secondary N) is 1. The maximum absolute atomic E-state index is 12.8. The molecule has 1 saturated heterocycles. The topological polar surface area (TPSA) is 84.3 Å². The van der Waals surface area contributed by atoms with Crippen LogP contribution in [-0.2, 0) is 11.2 Å². The molecule has 7 nitrogen and oxygen atoms in total. The molecular weight excluding hydrogens is 296 g/mol. The number of carbonyl (C=O) groups is 1. The second kappa shape index (κ2) is 6.54. The molecular formula is C16H22N4O3. The Morgan fingerprint density at radius 3 is 3.04 bits per heavy atom. The number of hydrogen-bond donors (Lipinski definition) is 1. The van der Waals surface area contributed by atoms with Crippen molar-refractivity contribution >= 4 is 5.91 Å². The summed E-state index contributed by atoms with van der Waals surface area (Å²) in [7, 11) is 1.64. The van der Waals surface area contributed by atoms with E-state index in [1.807, 2.05) is 24.8 Å². The van der Waals surface area contributed by atoms with Gasteiger partial charge in [-0.3, -0.25) is 4.79 Å². The number of methoxy groups -OCH3 is 1. The zero-order valence-electron chi connectivity index (χ0n) is 13.8. The van der Waals surface area contributed by atoms with Gasteiger partial charge in [-0.2, -0.15) is 4.98 Å². The number of aromatic amines is 1. The number of likely N-dealkylation sites (tertiary alicyclic amines) is 1. The molecule has 1 aliphatic rings. The average molecular weight is 318 g/mol. The standard InChI is InChI=1S/C16H22N4O3/c1-10-9-11(2)17-14(10)16(21)20-7-4-5-12(20)15-18-13(19-23-15)6-8-22-3/h9,12,17H,4-8H2,1-3H3. The average Bonchev–Trinajstić information content (AvgIpc) is 3.23. The highest BCUT2D eigenvalue weighted by Gasteiger charge is 2.35. The Labute approximate surface area is 135 Å². The lowest BCUT2D eigenvalue weighted by molar-refractivity contribution is 0.0704. The van der Waals surface area contributed by atoms with Crippen molar-refractivity contribution in [2.75, 3.05) is 20.3 Å². The van der Waals surface area contributed by atoms with E-state index in [1.165, 1.54) is 0 Å². The SMILES string of the molecule is COCCc1noc(C2CCCN2C(=O)c2[nH]c(C)cc2C)n1. The fourth-order valence-corrected chi connectivity index (χ4v) is 3.06. The van der Waals surface area contributed by atoms with Crippen LogP contribution < -0.4 is 0 Å². The second-order valence-electron chi connectivity index (χ2n) is 5.96. The van der Waals surface area contributed by atoms with Gasteiger partial charge in [0.2, 0.25) is 5.89 Å². The smallest absolute Gasteiger partial charge is 0.271 e. The minimum atomic E-state index is -0.144. The number of carbonyl (C=O) groups excluding carboxylic acids is 1. The molecule has 0 spiro atoms. The molecule has 1 fully saturated rings. The van der Waals surface area contributed by atoms with Crippen molar-refractivity contribution in [2.45, 2.75) is 39.2 Å². The van der Waals surface area contributed by atoms with Crippen molar-refractivity contribution in [1.82, 2.24) is 20.0 Å². The van der Waals surface area contributed by atoms with Crippen LogP contribution in [0.2, 0.25) is 0 Å². The Morgan fingerprint density at radius 2 is 2.35 bits per heavy atom. The highest BCUT2D eigenvalue weighted by molar-refractivity contribution is 5.94. The normalized spacial score (nSPS) is 17.9. The van der Waals surface area contributed by atoms with Crippen LogP contribution >= 0.6 is 0 Å². The fourth-order valence-electron chi connectivity index (χ4n) is 3.06. The predicted octanol–water partition coefficient (Wildman–Crippen LogP) is 2.18. The molecule has 124 valence electrons. The van der Waals surface area contributed by atoms with Crippen molar-refractivity contribution in [3.63, 3.8) is 0 Å². The van der Waals surface area contributed by atoms with Crippen LogP contribution in [0.3, 0.4) is 0 Å². The van der Waals surface area contributed by atoms with E-state index in [9.17, 15) is 4.79 Å². The lowest BCUT2D eigenvalue weighted by Crippen LogP contribution is -2.31. The summed E-state index contributed by atoms with van der Waals surface area (Å²) in [6.45, 7) is 5.15. The third kappa shape index (κ3) is 3.14. The maximum Gasteiger partial charge on any atom is 0.271 e. The van der Waals surface area contributed by atoms with Gasteiger partial charge in [-0.25, -0.2) is 0 Å². The molecule has 1 atom stereocenters. The van der Waals surface area contributed by atoms with E-state index in [0.717, 1.165) is 24.1 Å². The molecule has 0 bridgehead atoms. The highest BCUT2D eigenvalue weighted by Crippen LogP contribution is 2.32. The van der Waals surface area contributed by atoms with E-state index in [-0.39, 0.29) is 11.9 Å². The summed E-state index contributed by atoms with van der Waals surface area (Å²) in [4.78, 5) is 22.2. The van der Waals surface area contributed by atoms with E-state index in [0.29, 0.717) is 37.0 Å². The predicted molar refractivity (Wildman–Crippen MR) is 83.2 cm³/mol. The van der Waals surface area contributed by atoms with Gasteiger partial charge >= 0.3 is 0 Å². The minimum absolute atomic E-state index is 0.00487. The summed E-state index contributed by atoms with van der Waals surface area (Å²) in [5.41, 5.74) is 2.60. The largest absolute Gasteiger partial charge is 0.384 e. The first-order chi connectivity index (χ1) is 11.1. The summed E-state index contributed by atoms with van der Waals surface area (Å²) in [5.74, 6) is 1.13. The van der Waals surface area contributed by atoms with Gasteiger partial charge in [-0.15, -0.1) is 0 Å². The number of amides is 1. The molecule has 0 aliphatic carbocycles. The molecule has 0 aromatic carbocycles. The molecule has 1 amide bonds. The first-order valence-corrected chi connectivity index (χ1v) is 7.88. The second-order valence-corrected chi connectivity index (χ2v) is 5.96. The molecule has 1 unspecified atom stereocenters. The molecule has 0 saturated carbocycles. The van der Waals surface area contributed by atoms with Crippen LogP contribution in [0.15, 0.2) is 10.6 Å². The fraction of sp³-hybridized carbons (Fsp3) is 0.562. The summed E-state index contributed by atoms with van der Waals surface area (Å²) < 4.78 is 10.4. The van der Waals surface area contributed by atoms with Crippen molar-refractivity contribution in [2.24, 2.45) is 0 Å². The van der Waals surface area contributed by atoms with Crippen LogP contribution in [0.5, 0.6) is 0 Å². The Hall–Kier alpha value is -2.15. The number of aryl methyl sites for hydroxylation is 2. The number of hydrogen-bond acceptors (Lipinski definition) is 5. The van der Waals surface area contributed by atoms with E-state index in [1.54, 1.807) is 7.11 Å². The van der Waals surface area contributed by atoms with Crippen LogP contribution in [0.4, 0.5) is 0 Å². The van der Waals surface area contributed by atoms with Gasteiger partial charge in [-0.1, -0.05) is 5.16 Å². The summed E-state index contributed by atoms with van der Waals surface area (Å²) in [6, 6.07) is 1.84. The molecule has 3 heterocycles. The molecule has 7 heteroatoms. The number of rotatable bonds is 5. The van der Waals surface area contributed by atoms with Crippen LogP contribution in [0.25, 0.3) is 0 Å². The summed E-state index contributed by atoms with van der Waals surface area (Å²) in [5, 5.41) is 3.97. The van der Waals surface area contributed by atoms with Gasteiger partial charge in [0, 0.05) is 25.8 Å². The van der Waals surface area contributed by atoms with Gasteiger partial charge in [0.15, 0.2) is 5.82 Å². The molecule has 1 N–H and O–H groups in total. The summed E-state index contributed by atoms with van der Waals surface area (Å²) >= 11 is 0. The zero-order valence-corrected chi connectivity index (χ0v) is 13.8. The van der Waals surface area contributed by atoms with Crippen LogP contribution in [0, 0.1) is 13.8 Å². The van der Waals surface area contributed by atoms with E-state index in [2.05, 4.69) is 15.1 Å². The first kappa shape index (κ1) is 15.7. The van der Waals surface area contributed by atoms with Gasteiger partial charge in [-0.05, 0) is 38.3 Å². The van der Waals surface area contributed by atoms with E-state index in [4.69, 9.17) is 9.26 Å². The van der Waals surface area contributed by atoms with Crippen LogP contribution in [0.1, 0.15) is 52.3 Å². The number of H-pyrrole nitrogens is 1. The Morgan fingerprint density at radius 1 is 1.52 bits per heavy atom. The molecule has 23 heavy (non-hydrogen) atoms. The minimum Gasteiger partial charge on any atom is -0.384 e. The lowest BCUT2D eigenvalue weighted by atomic mass is 10.2. The zero-order chi connectivity index (χ0) is 16.4. The van der Waals surface area contributed by atoms with Gasteiger partial charge in [0.05, 0.1) is 6.61 Å². The van der Waals surface area contributed by atoms with Gasteiger partial charge in [0.1, 0.15) is 11.7 Å². The van der Waals surface area contributed by atoms with E-state index < -0.39 is 0 Å². The van der Waals surface area contributed by atoms with Gasteiger partial charge in [0.25, 0.3) is 5.91 Å². The molecule has 1 aliphatic heterocycles. The van der Waals surface area contributed by atoms with Crippen molar-refractivity contribution in [3.05, 3.63) is 34.7 Å². The molecule has 3 rings (SSSR count). The highest BCUT2D eigenvalue weighted by atomic mass is 16.5. The molecule has 2 aromatic heterocycles. The Kier molecular flexibility index (Phi) is 4.47. The third-order valence-corrected chi connectivity index (χ3v) is 4.18. The first-order valence-electron chi connectivity index (χ1n) is 7.88. The molecule has 2 aromatic rings. The number of nitrogens with zero attached hydrogens (tertiary/aromatic N) is 3. The van der Waals surface area contributed by atoms with Crippen molar-refractivity contribution < 1.29 is 14.1 Å². The van der Waals surface area contributed by atoms with Crippen LogP contribution in [-0.4, -0.2) is 46.2 Å². The molecule has 0 radical (unpaired) electrons. The van der Waals surface area contributed by atoms with E-state index >= 15 is 0 Å². The third-order valence-electron chi connectivity index (χ3n) is 4.18. The maximum atomic E-state index is 12.8. The Bertz CT molecular complexity index is 691. The quantitative estimate of drug-likeness (QED) is 0.913. The number of aromatic nitrogens is 3. The van der Waals surface area contributed by atoms with Gasteiger partial charge < -0.3 is 19.1 Å². The summed E-state index contributed by atoms with van der Waals surface area (Å²) in [6.07, 6.45) is 2.39. The Balaban J connectivity index is 1.78. The number of ether oxygens (including phenoxy) is 1.